The fourth-order valence-corrected chi connectivity index (χ4v) is 7.02. The van der Waals surface area contributed by atoms with E-state index in [9.17, 15) is 0 Å². The van der Waals surface area contributed by atoms with E-state index in [-0.39, 0.29) is 0 Å². The Bertz CT molecular complexity index is 2840. The van der Waals surface area contributed by atoms with Crippen LogP contribution in [-0.4, -0.2) is 24.3 Å². The lowest BCUT2D eigenvalue weighted by Gasteiger charge is -2.14. The quantitative estimate of drug-likeness (QED) is 0.190. The maximum absolute atomic E-state index is 5.41. The number of aromatic nitrogens is 5. The summed E-state index contributed by atoms with van der Waals surface area (Å²) in [6.07, 6.45) is 3.94. The molecule has 4 aromatic heterocycles. The van der Waals surface area contributed by atoms with Crippen LogP contribution in [0, 0.1) is 0 Å². The molecule has 0 radical (unpaired) electrons. The zero-order valence-corrected chi connectivity index (χ0v) is 25.2. The second-order valence-corrected chi connectivity index (χ2v) is 11.9. The second-order valence-electron chi connectivity index (χ2n) is 11.9. The average molecular weight is 600 g/mol. The van der Waals surface area contributed by atoms with E-state index in [1.165, 1.54) is 0 Å². The molecule has 0 saturated carbocycles. The van der Waals surface area contributed by atoms with Crippen molar-refractivity contribution < 1.29 is 0 Å². The molecule has 0 aliphatic heterocycles. The number of nitrogens with zero attached hydrogens (tertiary/aromatic N) is 5. The van der Waals surface area contributed by atoms with Gasteiger partial charge in [-0.3, -0.25) is 9.38 Å². The van der Waals surface area contributed by atoms with E-state index in [1.54, 1.807) is 0 Å². The largest absolute Gasteiger partial charge is 0.299 e. The standard InChI is InChI=1S/C42H25N5/c1-2-11-27(12-3-1)38-39(46-40-30-13-5-4-10-26(30)18-21-36(40)44-38)29-17-20-32-34(25-29)33-24-28(35-14-6-8-22-43-35)16-19-31(33)41-42(32)47-23-9-7-15-37(47)45-41/h1-25H. The molecule has 10 aromatic rings. The maximum Gasteiger partial charge on any atom is 0.137 e. The van der Waals surface area contributed by atoms with Crippen LogP contribution in [0.25, 0.3) is 93.8 Å². The van der Waals surface area contributed by atoms with Crippen LogP contribution in [0.2, 0.25) is 0 Å². The van der Waals surface area contributed by atoms with E-state index in [0.29, 0.717) is 0 Å². The highest BCUT2D eigenvalue weighted by molar-refractivity contribution is 6.25. The van der Waals surface area contributed by atoms with Gasteiger partial charge in [0.15, 0.2) is 0 Å². The molecule has 0 spiro atoms. The van der Waals surface area contributed by atoms with Gasteiger partial charge in [0.1, 0.15) is 5.65 Å². The van der Waals surface area contributed by atoms with Gasteiger partial charge in [0.05, 0.1) is 39.1 Å². The van der Waals surface area contributed by atoms with Crippen LogP contribution in [0.5, 0.6) is 0 Å². The summed E-state index contributed by atoms with van der Waals surface area (Å²) in [7, 11) is 0. The highest BCUT2D eigenvalue weighted by Gasteiger charge is 2.19. The van der Waals surface area contributed by atoms with Gasteiger partial charge >= 0.3 is 0 Å². The fourth-order valence-electron chi connectivity index (χ4n) is 7.02. The molecule has 4 heterocycles. The van der Waals surface area contributed by atoms with Crippen molar-refractivity contribution in [3.8, 4) is 33.8 Å². The molecular weight excluding hydrogens is 574 g/mol. The van der Waals surface area contributed by atoms with E-state index < -0.39 is 0 Å². The van der Waals surface area contributed by atoms with Crippen LogP contribution in [0.1, 0.15) is 0 Å². The van der Waals surface area contributed by atoms with E-state index in [0.717, 1.165) is 93.8 Å². The molecule has 47 heavy (non-hydrogen) atoms. The molecule has 0 saturated heterocycles. The summed E-state index contributed by atoms with van der Waals surface area (Å²) in [5.74, 6) is 0. The Kier molecular flexibility index (Phi) is 5.51. The molecule has 0 amide bonds. The predicted molar refractivity (Wildman–Crippen MR) is 192 cm³/mol. The topological polar surface area (TPSA) is 56.0 Å². The van der Waals surface area contributed by atoms with Crippen molar-refractivity contribution >= 4 is 60.0 Å². The lowest BCUT2D eigenvalue weighted by molar-refractivity contribution is 1.23. The molecule has 0 aliphatic carbocycles. The summed E-state index contributed by atoms with van der Waals surface area (Å²) < 4.78 is 2.20. The number of pyridine rings is 2. The Labute approximate surface area is 269 Å². The van der Waals surface area contributed by atoms with Crippen molar-refractivity contribution in [2.45, 2.75) is 0 Å². The summed E-state index contributed by atoms with van der Waals surface area (Å²) in [5, 5.41) is 6.74. The van der Waals surface area contributed by atoms with E-state index in [2.05, 4.69) is 131 Å². The third kappa shape index (κ3) is 3.97. The molecule has 10 rings (SSSR count). The van der Waals surface area contributed by atoms with Gasteiger partial charge in [0, 0.05) is 45.2 Å². The minimum absolute atomic E-state index is 0.856. The highest BCUT2D eigenvalue weighted by Crippen LogP contribution is 2.40. The van der Waals surface area contributed by atoms with E-state index in [1.807, 2.05) is 30.5 Å². The lowest BCUT2D eigenvalue weighted by Crippen LogP contribution is -1.96. The Balaban J connectivity index is 1.33. The Morgan fingerprint density at radius 2 is 1.21 bits per heavy atom. The van der Waals surface area contributed by atoms with Crippen LogP contribution < -0.4 is 0 Å². The van der Waals surface area contributed by atoms with Crippen LogP contribution in [0.15, 0.2) is 152 Å². The number of rotatable bonds is 3. The van der Waals surface area contributed by atoms with E-state index in [4.69, 9.17) is 15.0 Å². The van der Waals surface area contributed by atoms with Gasteiger partial charge in [0.2, 0.25) is 0 Å². The number of hydrogen-bond acceptors (Lipinski definition) is 4. The van der Waals surface area contributed by atoms with E-state index >= 15 is 0 Å². The SMILES string of the molecule is c1ccc(-c2nc3ccc4ccccc4c3nc2-c2ccc3c(c2)c2cc(-c4ccccn4)ccc2c2nc4ccccn4c32)cc1. The summed E-state index contributed by atoms with van der Waals surface area (Å²) in [5.41, 5.74) is 10.6. The summed E-state index contributed by atoms with van der Waals surface area (Å²) in [6, 6.07) is 48.5. The molecule has 0 aliphatic rings. The van der Waals surface area contributed by atoms with Crippen LogP contribution in [0.4, 0.5) is 0 Å². The Morgan fingerprint density at radius 3 is 2.13 bits per heavy atom. The number of fused-ring (bicyclic) bond motifs is 11. The molecule has 5 heteroatoms. The molecule has 0 bridgehead atoms. The third-order valence-electron chi connectivity index (χ3n) is 9.21. The molecule has 0 atom stereocenters. The molecule has 218 valence electrons. The Morgan fingerprint density at radius 1 is 0.447 bits per heavy atom. The zero-order valence-electron chi connectivity index (χ0n) is 25.2. The highest BCUT2D eigenvalue weighted by atomic mass is 15.0. The molecule has 0 fully saturated rings. The minimum atomic E-state index is 0.856. The molecule has 0 N–H and O–H groups in total. The van der Waals surface area contributed by atoms with Crippen LogP contribution in [0.3, 0.4) is 0 Å². The first kappa shape index (κ1) is 25.8. The van der Waals surface area contributed by atoms with Crippen molar-refractivity contribution in [2.24, 2.45) is 0 Å². The third-order valence-corrected chi connectivity index (χ3v) is 9.21. The molecule has 5 nitrogen and oxygen atoms in total. The average Bonchev–Trinajstić information content (AvgIpc) is 3.55. The second kappa shape index (κ2) is 10.0. The predicted octanol–water partition coefficient (Wildman–Crippen LogP) is 10.3. The molecular formula is C42H25N5. The van der Waals surface area contributed by atoms with Gasteiger partial charge in [-0.05, 0) is 58.6 Å². The number of imidazole rings is 1. The minimum Gasteiger partial charge on any atom is -0.299 e. The summed E-state index contributed by atoms with van der Waals surface area (Å²) >= 11 is 0. The first-order valence-corrected chi connectivity index (χ1v) is 15.7. The number of benzene rings is 6. The van der Waals surface area contributed by atoms with Crippen molar-refractivity contribution in [1.82, 2.24) is 24.3 Å². The summed E-state index contributed by atoms with van der Waals surface area (Å²) in [6.45, 7) is 0. The van der Waals surface area contributed by atoms with Crippen molar-refractivity contribution in [3.05, 3.63) is 152 Å². The van der Waals surface area contributed by atoms with Gasteiger partial charge in [0.25, 0.3) is 0 Å². The summed E-state index contributed by atoms with van der Waals surface area (Å²) in [4.78, 5) is 20.5. The molecule has 0 unspecified atom stereocenters. The maximum atomic E-state index is 5.41. The first-order chi connectivity index (χ1) is 23.3. The van der Waals surface area contributed by atoms with Gasteiger partial charge < -0.3 is 0 Å². The molecule has 6 aromatic carbocycles. The van der Waals surface area contributed by atoms with Crippen molar-refractivity contribution in [3.63, 3.8) is 0 Å². The van der Waals surface area contributed by atoms with Crippen molar-refractivity contribution in [1.29, 1.82) is 0 Å². The van der Waals surface area contributed by atoms with Gasteiger partial charge in [-0.15, -0.1) is 0 Å². The van der Waals surface area contributed by atoms with Crippen LogP contribution >= 0.6 is 0 Å². The Hall–Kier alpha value is -6.46. The lowest BCUT2D eigenvalue weighted by atomic mass is 9.94. The first-order valence-electron chi connectivity index (χ1n) is 15.7. The monoisotopic (exact) mass is 599 g/mol. The normalized spacial score (nSPS) is 11.8. The van der Waals surface area contributed by atoms with Crippen molar-refractivity contribution in [2.75, 3.05) is 0 Å². The van der Waals surface area contributed by atoms with Crippen LogP contribution in [-0.2, 0) is 0 Å². The van der Waals surface area contributed by atoms with Gasteiger partial charge in [-0.25, -0.2) is 15.0 Å². The van der Waals surface area contributed by atoms with Gasteiger partial charge in [-0.1, -0.05) is 97.1 Å². The fraction of sp³-hybridized carbons (Fsp3) is 0. The number of hydrogen-bond donors (Lipinski definition) is 0. The van der Waals surface area contributed by atoms with Gasteiger partial charge in [-0.2, -0.15) is 0 Å². The zero-order chi connectivity index (χ0) is 30.9. The smallest absolute Gasteiger partial charge is 0.137 e.